The molecule has 0 radical (unpaired) electrons. The topological polar surface area (TPSA) is 89.9 Å². The lowest BCUT2D eigenvalue weighted by Crippen LogP contribution is -2.49. The zero-order valence-corrected chi connectivity index (χ0v) is 12.1. The van der Waals surface area contributed by atoms with Gasteiger partial charge in [-0.3, -0.25) is 0 Å². The Hall–Kier alpha value is -1.30. The smallest absolute Gasteiger partial charge is 0.326 e. The summed E-state index contributed by atoms with van der Waals surface area (Å²) < 4.78 is 0. The summed E-state index contributed by atoms with van der Waals surface area (Å²) in [5, 5.41) is 20.5. The maximum atomic E-state index is 12.0. The SMILES string of the molecule is CCCCN(CCO)C(=O)N[C@@H](CC(C)C)C(=O)O. The third-order valence-corrected chi connectivity index (χ3v) is 2.74. The highest BCUT2D eigenvalue weighted by molar-refractivity contribution is 5.82. The van der Waals surface area contributed by atoms with Crippen molar-refractivity contribution < 1.29 is 19.8 Å². The molecule has 0 rings (SSSR count). The number of hydrogen-bond acceptors (Lipinski definition) is 3. The molecule has 0 aliphatic rings. The zero-order valence-electron chi connectivity index (χ0n) is 12.1. The number of unbranched alkanes of at least 4 members (excludes halogenated alkanes) is 1. The lowest BCUT2D eigenvalue weighted by atomic mass is 10.0. The number of amides is 2. The molecule has 0 aliphatic carbocycles. The van der Waals surface area contributed by atoms with Gasteiger partial charge in [-0.25, -0.2) is 9.59 Å². The Balaban J connectivity index is 4.51. The summed E-state index contributed by atoms with van der Waals surface area (Å²) in [4.78, 5) is 24.5. The van der Waals surface area contributed by atoms with Crippen LogP contribution in [0.1, 0.15) is 40.0 Å². The molecule has 0 fully saturated rings. The summed E-state index contributed by atoms with van der Waals surface area (Å²) in [5.74, 6) is -0.843. The first-order chi connectivity index (χ1) is 8.92. The number of carboxylic acid groups (broad SMARTS) is 1. The Kier molecular flexibility index (Phi) is 8.95. The number of carboxylic acids is 1. The maximum Gasteiger partial charge on any atom is 0.326 e. The van der Waals surface area contributed by atoms with E-state index in [2.05, 4.69) is 5.32 Å². The fourth-order valence-corrected chi connectivity index (χ4v) is 1.72. The second-order valence-corrected chi connectivity index (χ2v) is 5.03. The predicted octanol–water partition coefficient (Wildman–Crippen LogP) is 1.29. The fourth-order valence-electron chi connectivity index (χ4n) is 1.72. The quantitative estimate of drug-likeness (QED) is 0.591. The van der Waals surface area contributed by atoms with Crippen LogP contribution >= 0.6 is 0 Å². The van der Waals surface area contributed by atoms with E-state index in [-0.39, 0.29) is 19.1 Å². The van der Waals surface area contributed by atoms with E-state index in [0.29, 0.717) is 13.0 Å². The molecule has 0 aromatic carbocycles. The minimum absolute atomic E-state index is 0.126. The molecule has 0 aliphatic heterocycles. The van der Waals surface area contributed by atoms with E-state index >= 15 is 0 Å². The Bertz CT molecular complexity index is 282. The number of urea groups is 1. The van der Waals surface area contributed by atoms with Gasteiger partial charge in [-0.2, -0.15) is 0 Å². The third kappa shape index (κ3) is 7.66. The van der Waals surface area contributed by atoms with Gasteiger partial charge >= 0.3 is 12.0 Å². The molecule has 0 aromatic heterocycles. The lowest BCUT2D eigenvalue weighted by Gasteiger charge is -2.25. The van der Waals surface area contributed by atoms with E-state index in [9.17, 15) is 9.59 Å². The second-order valence-electron chi connectivity index (χ2n) is 5.03. The number of carbonyl (C=O) groups is 2. The second kappa shape index (κ2) is 9.61. The van der Waals surface area contributed by atoms with E-state index in [1.54, 1.807) is 0 Å². The van der Waals surface area contributed by atoms with E-state index in [0.717, 1.165) is 12.8 Å². The van der Waals surface area contributed by atoms with Crippen LogP contribution in [0.25, 0.3) is 0 Å². The molecule has 0 heterocycles. The lowest BCUT2D eigenvalue weighted by molar-refractivity contribution is -0.139. The molecule has 0 spiro atoms. The average Bonchev–Trinajstić information content (AvgIpc) is 2.32. The van der Waals surface area contributed by atoms with Crippen molar-refractivity contribution in [2.75, 3.05) is 19.7 Å². The van der Waals surface area contributed by atoms with E-state index < -0.39 is 18.0 Å². The molecule has 112 valence electrons. The van der Waals surface area contributed by atoms with Crippen LogP contribution in [-0.4, -0.2) is 52.9 Å². The van der Waals surface area contributed by atoms with Gasteiger partial charge in [0.1, 0.15) is 6.04 Å². The monoisotopic (exact) mass is 274 g/mol. The average molecular weight is 274 g/mol. The van der Waals surface area contributed by atoms with Gasteiger partial charge in [0.05, 0.1) is 6.61 Å². The molecule has 3 N–H and O–H groups in total. The Morgan fingerprint density at radius 2 is 1.89 bits per heavy atom. The van der Waals surface area contributed by atoms with Crippen molar-refractivity contribution >= 4 is 12.0 Å². The molecular weight excluding hydrogens is 248 g/mol. The summed E-state index contributed by atoms with van der Waals surface area (Å²) in [6.07, 6.45) is 2.15. The van der Waals surface area contributed by atoms with Crippen molar-refractivity contribution in [3.05, 3.63) is 0 Å². The van der Waals surface area contributed by atoms with Crippen LogP contribution in [0.3, 0.4) is 0 Å². The highest BCUT2D eigenvalue weighted by atomic mass is 16.4. The Morgan fingerprint density at radius 3 is 2.32 bits per heavy atom. The summed E-state index contributed by atoms with van der Waals surface area (Å²) in [6, 6.07) is -1.30. The van der Waals surface area contributed by atoms with Crippen LogP contribution < -0.4 is 5.32 Å². The molecule has 0 saturated heterocycles. The number of aliphatic hydroxyl groups is 1. The number of hydrogen-bond donors (Lipinski definition) is 3. The highest BCUT2D eigenvalue weighted by Crippen LogP contribution is 2.06. The minimum atomic E-state index is -1.03. The molecular formula is C13H26N2O4. The fraction of sp³-hybridized carbons (Fsp3) is 0.846. The van der Waals surface area contributed by atoms with Gasteiger partial charge in [0.2, 0.25) is 0 Å². The van der Waals surface area contributed by atoms with Crippen molar-refractivity contribution in [1.82, 2.24) is 10.2 Å². The Labute approximate surface area is 114 Å². The first-order valence-corrected chi connectivity index (χ1v) is 6.81. The van der Waals surface area contributed by atoms with Gasteiger partial charge in [0.15, 0.2) is 0 Å². The van der Waals surface area contributed by atoms with Gasteiger partial charge in [0.25, 0.3) is 0 Å². The molecule has 0 aromatic rings. The molecule has 0 unspecified atom stereocenters. The van der Waals surface area contributed by atoms with Gasteiger partial charge in [-0.05, 0) is 18.8 Å². The largest absolute Gasteiger partial charge is 0.480 e. The number of aliphatic hydroxyl groups excluding tert-OH is 1. The van der Waals surface area contributed by atoms with Gasteiger partial charge in [-0.15, -0.1) is 0 Å². The van der Waals surface area contributed by atoms with E-state index in [1.807, 2.05) is 20.8 Å². The molecule has 0 bridgehead atoms. The maximum absolute atomic E-state index is 12.0. The normalized spacial score (nSPS) is 12.3. The van der Waals surface area contributed by atoms with Crippen LogP contribution in [0.2, 0.25) is 0 Å². The summed E-state index contributed by atoms with van der Waals surface area (Å²) in [5.41, 5.74) is 0. The highest BCUT2D eigenvalue weighted by Gasteiger charge is 2.23. The predicted molar refractivity (Wildman–Crippen MR) is 73.0 cm³/mol. The van der Waals surface area contributed by atoms with Crippen LogP contribution in [0, 0.1) is 5.92 Å². The van der Waals surface area contributed by atoms with Crippen molar-refractivity contribution in [3.8, 4) is 0 Å². The molecule has 1 atom stereocenters. The number of aliphatic carboxylic acids is 1. The minimum Gasteiger partial charge on any atom is -0.480 e. The van der Waals surface area contributed by atoms with E-state index in [4.69, 9.17) is 10.2 Å². The van der Waals surface area contributed by atoms with Crippen LogP contribution in [0.4, 0.5) is 4.79 Å². The zero-order chi connectivity index (χ0) is 14.8. The van der Waals surface area contributed by atoms with Crippen LogP contribution in [-0.2, 0) is 4.79 Å². The van der Waals surface area contributed by atoms with Crippen molar-refractivity contribution in [2.45, 2.75) is 46.1 Å². The van der Waals surface area contributed by atoms with Gasteiger partial charge < -0.3 is 20.4 Å². The summed E-state index contributed by atoms with van der Waals surface area (Å²) in [6.45, 7) is 6.44. The van der Waals surface area contributed by atoms with Crippen LogP contribution in [0.5, 0.6) is 0 Å². The number of nitrogens with zero attached hydrogens (tertiary/aromatic N) is 1. The first kappa shape index (κ1) is 17.7. The Morgan fingerprint density at radius 1 is 1.26 bits per heavy atom. The number of nitrogens with one attached hydrogen (secondary N) is 1. The van der Waals surface area contributed by atoms with Gasteiger partial charge in [0, 0.05) is 13.1 Å². The molecule has 6 heteroatoms. The van der Waals surface area contributed by atoms with Crippen LogP contribution in [0.15, 0.2) is 0 Å². The van der Waals surface area contributed by atoms with E-state index in [1.165, 1.54) is 4.90 Å². The number of rotatable bonds is 9. The molecule has 2 amide bonds. The molecule has 19 heavy (non-hydrogen) atoms. The van der Waals surface area contributed by atoms with Gasteiger partial charge in [-0.1, -0.05) is 27.2 Å². The third-order valence-electron chi connectivity index (χ3n) is 2.74. The molecule has 6 nitrogen and oxygen atoms in total. The molecule has 0 saturated carbocycles. The first-order valence-electron chi connectivity index (χ1n) is 6.81. The van der Waals surface area contributed by atoms with Crippen molar-refractivity contribution in [1.29, 1.82) is 0 Å². The summed E-state index contributed by atoms with van der Waals surface area (Å²) in [7, 11) is 0. The standard InChI is InChI=1S/C13H26N2O4/c1-4-5-6-15(7-8-16)13(19)14-11(12(17)18)9-10(2)3/h10-11,16H,4-9H2,1-3H3,(H,14,19)(H,17,18)/t11-/m0/s1. The number of carbonyl (C=O) groups excluding carboxylic acids is 1. The van der Waals surface area contributed by atoms with Crippen molar-refractivity contribution in [3.63, 3.8) is 0 Å². The van der Waals surface area contributed by atoms with Crippen molar-refractivity contribution in [2.24, 2.45) is 5.92 Å². The summed E-state index contributed by atoms with van der Waals surface area (Å²) >= 11 is 0.